The maximum Gasteiger partial charge on any atom is 0.181 e. The number of ether oxygens (including phenoxy) is 1. The van der Waals surface area contributed by atoms with E-state index in [-0.39, 0.29) is 0 Å². The number of benzene rings is 1. The van der Waals surface area contributed by atoms with E-state index in [2.05, 4.69) is 20.3 Å². The van der Waals surface area contributed by atoms with Crippen LogP contribution in [0.2, 0.25) is 5.15 Å². The second-order valence-electron chi connectivity index (χ2n) is 4.78. The van der Waals surface area contributed by atoms with Crippen molar-refractivity contribution in [2.45, 2.75) is 6.54 Å². The summed E-state index contributed by atoms with van der Waals surface area (Å²) in [6, 6.07) is 15.1. The molecule has 0 aliphatic heterocycles. The number of hydrogen-bond donors (Lipinski definition) is 1. The number of nitrogens with zero attached hydrogens (tertiary/aromatic N) is 3. The molecule has 6 heteroatoms. The number of rotatable bonds is 5. The summed E-state index contributed by atoms with van der Waals surface area (Å²) >= 11 is 6.10. The van der Waals surface area contributed by atoms with E-state index in [9.17, 15) is 0 Å². The summed E-state index contributed by atoms with van der Waals surface area (Å²) in [6.07, 6.45) is 1.70. The van der Waals surface area contributed by atoms with Gasteiger partial charge in [-0.25, -0.2) is 9.97 Å². The predicted molar refractivity (Wildman–Crippen MR) is 90.6 cm³/mol. The lowest BCUT2D eigenvalue weighted by Crippen LogP contribution is -2.04. The summed E-state index contributed by atoms with van der Waals surface area (Å²) in [7, 11) is 1.65. The lowest BCUT2D eigenvalue weighted by Gasteiger charge is -2.10. The number of aromatic nitrogens is 3. The monoisotopic (exact) mass is 326 g/mol. The van der Waals surface area contributed by atoms with Crippen LogP contribution >= 0.6 is 11.6 Å². The van der Waals surface area contributed by atoms with E-state index >= 15 is 0 Å². The molecule has 2 heterocycles. The van der Waals surface area contributed by atoms with Crippen LogP contribution in [0.5, 0.6) is 5.75 Å². The Morgan fingerprint density at radius 1 is 1.09 bits per heavy atom. The van der Waals surface area contributed by atoms with Gasteiger partial charge in [0.05, 0.1) is 7.11 Å². The summed E-state index contributed by atoms with van der Waals surface area (Å²) in [5.41, 5.74) is 1.71. The Morgan fingerprint density at radius 3 is 2.70 bits per heavy atom. The maximum absolute atomic E-state index is 6.10. The second kappa shape index (κ2) is 7.07. The van der Waals surface area contributed by atoms with Crippen LogP contribution in [0, 0.1) is 0 Å². The van der Waals surface area contributed by atoms with Crippen LogP contribution < -0.4 is 10.1 Å². The molecule has 0 radical (unpaired) electrons. The Hall–Kier alpha value is -2.66. The molecular formula is C17H15ClN4O. The highest BCUT2D eigenvalue weighted by molar-refractivity contribution is 6.29. The van der Waals surface area contributed by atoms with Crippen LogP contribution in [0.3, 0.4) is 0 Å². The fourth-order valence-corrected chi connectivity index (χ4v) is 2.34. The van der Waals surface area contributed by atoms with E-state index in [0.29, 0.717) is 29.0 Å². The molecule has 0 spiro atoms. The van der Waals surface area contributed by atoms with Gasteiger partial charge in [0.25, 0.3) is 0 Å². The first-order chi connectivity index (χ1) is 11.3. The average molecular weight is 327 g/mol. The molecule has 0 atom stereocenters. The van der Waals surface area contributed by atoms with Crippen molar-refractivity contribution in [3.8, 4) is 17.3 Å². The van der Waals surface area contributed by atoms with Crippen molar-refractivity contribution in [1.29, 1.82) is 0 Å². The quantitative estimate of drug-likeness (QED) is 0.722. The first-order valence-electron chi connectivity index (χ1n) is 7.08. The zero-order chi connectivity index (χ0) is 16.1. The van der Waals surface area contributed by atoms with Crippen LogP contribution in [-0.2, 0) is 6.54 Å². The minimum Gasteiger partial charge on any atom is -0.496 e. The van der Waals surface area contributed by atoms with E-state index in [1.165, 1.54) is 0 Å². The van der Waals surface area contributed by atoms with Crippen molar-refractivity contribution in [3.63, 3.8) is 0 Å². The fourth-order valence-electron chi connectivity index (χ4n) is 2.15. The molecule has 0 amide bonds. The second-order valence-corrected chi connectivity index (χ2v) is 5.17. The molecule has 0 unspecified atom stereocenters. The number of pyridine rings is 1. The third-order valence-electron chi connectivity index (χ3n) is 3.24. The van der Waals surface area contributed by atoms with Crippen molar-refractivity contribution >= 4 is 17.4 Å². The van der Waals surface area contributed by atoms with Gasteiger partial charge in [0, 0.05) is 24.4 Å². The summed E-state index contributed by atoms with van der Waals surface area (Å²) in [4.78, 5) is 12.9. The van der Waals surface area contributed by atoms with Gasteiger partial charge in [0.2, 0.25) is 0 Å². The molecule has 0 saturated heterocycles. The fraction of sp³-hybridized carbons (Fsp3) is 0.118. The zero-order valence-electron chi connectivity index (χ0n) is 12.5. The molecule has 0 saturated carbocycles. The van der Waals surface area contributed by atoms with Crippen molar-refractivity contribution in [2.75, 3.05) is 12.4 Å². The summed E-state index contributed by atoms with van der Waals surface area (Å²) in [5.74, 6) is 1.95. The van der Waals surface area contributed by atoms with E-state index < -0.39 is 0 Å². The summed E-state index contributed by atoms with van der Waals surface area (Å²) in [6.45, 7) is 0.568. The Balaban J connectivity index is 1.82. The summed E-state index contributed by atoms with van der Waals surface area (Å²) in [5, 5.41) is 3.61. The Bertz CT molecular complexity index is 796. The van der Waals surface area contributed by atoms with Gasteiger partial charge in [-0.2, -0.15) is 0 Å². The Morgan fingerprint density at radius 2 is 1.91 bits per heavy atom. The van der Waals surface area contributed by atoms with Crippen molar-refractivity contribution < 1.29 is 4.74 Å². The predicted octanol–water partition coefficient (Wildman–Crippen LogP) is 3.81. The SMILES string of the molecule is COc1ccccc1CNc1cc(Cl)nc(-c2ccccn2)n1. The maximum atomic E-state index is 6.10. The topological polar surface area (TPSA) is 59.9 Å². The van der Waals surface area contributed by atoms with Gasteiger partial charge in [0.15, 0.2) is 5.82 Å². The third kappa shape index (κ3) is 3.76. The highest BCUT2D eigenvalue weighted by Crippen LogP contribution is 2.21. The molecule has 3 rings (SSSR count). The minimum atomic E-state index is 0.364. The standard InChI is InChI=1S/C17H15ClN4O/c1-23-14-8-3-2-6-12(14)11-20-16-10-15(18)21-17(22-16)13-7-4-5-9-19-13/h2-10H,11H2,1H3,(H,20,21,22). The number of methoxy groups -OCH3 is 1. The van der Waals surface area contributed by atoms with Crippen molar-refractivity contribution in [1.82, 2.24) is 15.0 Å². The number of halogens is 1. The van der Waals surface area contributed by atoms with E-state index in [1.54, 1.807) is 19.4 Å². The molecule has 0 fully saturated rings. The number of anilines is 1. The first-order valence-corrected chi connectivity index (χ1v) is 7.46. The van der Waals surface area contributed by atoms with E-state index in [4.69, 9.17) is 16.3 Å². The highest BCUT2D eigenvalue weighted by Gasteiger charge is 2.08. The Kier molecular flexibility index (Phi) is 4.68. The van der Waals surface area contributed by atoms with Crippen LogP contribution in [0.1, 0.15) is 5.56 Å². The highest BCUT2D eigenvalue weighted by atomic mass is 35.5. The number of hydrogen-bond acceptors (Lipinski definition) is 5. The molecule has 0 bridgehead atoms. The number of para-hydroxylation sites is 1. The van der Waals surface area contributed by atoms with Crippen LogP contribution in [0.15, 0.2) is 54.7 Å². The molecule has 0 aliphatic rings. The molecule has 1 N–H and O–H groups in total. The van der Waals surface area contributed by atoms with Gasteiger partial charge < -0.3 is 10.1 Å². The number of nitrogens with one attached hydrogen (secondary N) is 1. The lowest BCUT2D eigenvalue weighted by molar-refractivity contribution is 0.410. The average Bonchev–Trinajstić information content (AvgIpc) is 2.60. The molecule has 23 heavy (non-hydrogen) atoms. The third-order valence-corrected chi connectivity index (χ3v) is 3.43. The molecule has 0 aliphatic carbocycles. The zero-order valence-corrected chi connectivity index (χ0v) is 13.3. The van der Waals surface area contributed by atoms with Gasteiger partial charge in [-0.05, 0) is 18.2 Å². The molecular weight excluding hydrogens is 312 g/mol. The Labute approximate surface area is 139 Å². The molecule has 5 nitrogen and oxygen atoms in total. The summed E-state index contributed by atoms with van der Waals surface area (Å²) < 4.78 is 5.34. The largest absolute Gasteiger partial charge is 0.496 e. The van der Waals surface area contributed by atoms with Crippen molar-refractivity contribution in [2.24, 2.45) is 0 Å². The van der Waals surface area contributed by atoms with Gasteiger partial charge in [-0.15, -0.1) is 0 Å². The molecule has 116 valence electrons. The van der Waals surface area contributed by atoms with E-state index in [0.717, 1.165) is 11.3 Å². The van der Waals surface area contributed by atoms with Gasteiger partial charge in [-0.3, -0.25) is 4.98 Å². The van der Waals surface area contributed by atoms with E-state index in [1.807, 2.05) is 42.5 Å². The first kappa shape index (κ1) is 15.2. The van der Waals surface area contributed by atoms with Crippen molar-refractivity contribution in [3.05, 3.63) is 65.4 Å². The van der Waals surface area contributed by atoms with Gasteiger partial charge in [-0.1, -0.05) is 35.9 Å². The normalized spacial score (nSPS) is 10.3. The molecule has 1 aromatic carbocycles. The lowest BCUT2D eigenvalue weighted by atomic mass is 10.2. The van der Waals surface area contributed by atoms with Crippen LogP contribution in [-0.4, -0.2) is 22.1 Å². The van der Waals surface area contributed by atoms with Crippen LogP contribution in [0.4, 0.5) is 5.82 Å². The van der Waals surface area contributed by atoms with Gasteiger partial charge in [0.1, 0.15) is 22.4 Å². The molecule has 3 aromatic rings. The minimum absolute atomic E-state index is 0.364. The molecule has 2 aromatic heterocycles. The van der Waals surface area contributed by atoms with Crippen LogP contribution in [0.25, 0.3) is 11.5 Å². The smallest absolute Gasteiger partial charge is 0.181 e. The van der Waals surface area contributed by atoms with Gasteiger partial charge >= 0.3 is 0 Å².